The van der Waals surface area contributed by atoms with Gasteiger partial charge in [0.1, 0.15) is 5.75 Å². The Kier molecular flexibility index (Phi) is 6.10. The zero-order valence-corrected chi connectivity index (χ0v) is 16.3. The zero-order chi connectivity index (χ0) is 18.7. The lowest BCUT2D eigenvalue weighted by Gasteiger charge is -2.24. The number of aromatic hydroxyl groups is 1. The number of phenolic OH excluding ortho intramolecular Hbond substituents is 1. The van der Waals surface area contributed by atoms with Crippen LogP contribution < -0.4 is 5.32 Å². The van der Waals surface area contributed by atoms with Gasteiger partial charge < -0.3 is 10.4 Å². The standard InChI is InChI=1S/C21H23Cl2NO2/c1-2-15(13-6-3-4-7-13)16-12-14(10-11-19(16)25)24-21(26)20-17(22)8-5-9-18(20)23/h5,8-13,15,25H,2-4,6-7H2,1H3,(H,24,26). The van der Waals surface area contributed by atoms with Crippen LogP contribution in [-0.2, 0) is 0 Å². The normalized spacial score (nSPS) is 15.8. The highest BCUT2D eigenvalue weighted by molar-refractivity contribution is 6.40. The van der Waals surface area contributed by atoms with Crippen LogP contribution in [0, 0.1) is 5.92 Å². The summed E-state index contributed by atoms with van der Waals surface area (Å²) in [7, 11) is 0. The summed E-state index contributed by atoms with van der Waals surface area (Å²) >= 11 is 12.2. The number of carbonyl (C=O) groups is 1. The Morgan fingerprint density at radius 1 is 1.19 bits per heavy atom. The van der Waals surface area contributed by atoms with Gasteiger partial charge in [0, 0.05) is 5.69 Å². The van der Waals surface area contributed by atoms with Crippen LogP contribution in [0.1, 0.15) is 60.9 Å². The van der Waals surface area contributed by atoms with Crippen molar-refractivity contribution >= 4 is 34.8 Å². The molecule has 0 aromatic heterocycles. The number of anilines is 1. The average Bonchev–Trinajstić information content (AvgIpc) is 3.12. The topological polar surface area (TPSA) is 49.3 Å². The van der Waals surface area contributed by atoms with Gasteiger partial charge in [-0.2, -0.15) is 0 Å². The molecule has 138 valence electrons. The SMILES string of the molecule is CCC(c1cc(NC(=O)c2c(Cl)cccc2Cl)ccc1O)C1CCCC1. The highest BCUT2D eigenvalue weighted by atomic mass is 35.5. The average molecular weight is 392 g/mol. The molecule has 0 aliphatic heterocycles. The molecular formula is C21H23Cl2NO2. The van der Waals surface area contributed by atoms with E-state index in [0.717, 1.165) is 12.0 Å². The van der Waals surface area contributed by atoms with Gasteiger partial charge in [0.15, 0.2) is 0 Å². The maximum absolute atomic E-state index is 12.6. The lowest BCUT2D eigenvalue weighted by molar-refractivity contribution is 0.102. The number of phenols is 1. The van der Waals surface area contributed by atoms with E-state index in [9.17, 15) is 9.90 Å². The summed E-state index contributed by atoms with van der Waals surface area (Å²) in [5.41, 5.74) is 1.80. The minimum atomic E-state index is -0.355. The third kappa shape index (κ3) is 3.99. The van der Waals surface area contributed by atoms with Gasteiger partial charge in [-0.15, -0.1) is 0 Å². The lowest BCUT2D eigenvalue weighted by atomic mass is 9.82. The Morgan fingerprint density at radius 2 is 1.85 bits per heavy atom. The van der Waals surface area contributed by atoms with Crippen LogP contribution in [0.5, 0.6) is 5.75 Å². The van der Waals surface area contributed by atoms with E-state index in [0.29, 0.717) is 27.6 Å². The van der Waals surface area contributed by atoms with Crippen molar-refractivity contribution in [3.05, 3.63) is 57.6 Å². The summed E-state index contributed by atoms with van der Waals surface area (Å²) in [5, 5.41) is 13.9. The molecule has 0 bridgehead atoms. The van der Waals surface area contributed by atoms with E-state index in [4.69, 9.17) is 23.2 Å². The lowest BCUT2D eigenvalue weighted by Crippen LogP contribution is -2.14. The molecule has 3 nitrogen and oxygen atoms in total. The number of halogens is 2. The Balaban J connectivity index is 1.86. The second-order valence-electron chi connectivity index (χ2n) is 6.88. The second kappa shape index (κ2) is 8.32. The number of nitrogens with one attached hydrogen (secondary N) is 1. The fourth-order valence-electron chi connectivity index (χ4n) is 4.00. The molecule has 1 fully saturated rings. The van der Waals surface area contributed by atoms with Gasteiger partial charge >= 0.3 is 0 Å². The largest absolute Gasteiger partial charge is 0.508 e. The summed E-state index contributed by atoms with van der Waals surface area (Å²) in [6, 6.07) is 10.2. The summed E-state index contributed by atoms with van der Waals surface area (Å²) < 4.78 is 0. The minimum absolute atomic E-state index is 0.258. The van der Waals surface area contributed by atoms with E-state index >= 15 is 0 Å². The van der Waals surface area contributed by atoms with Crippen LogP contribution in [0.25, 0.3) is 0 Å². The molecule has 2 N–H and O–H groups in total. The molecule has 1 saturated carbocycles. The first-order valence-electron chi connectivity index (χ1n) is 9.09. The van der Waals surface area contributed by atoms with Crippen LogP contribution in [0.2, 0.25) is 10.0 Å². The van der Waals surface area contributed by atoms with E-state index in [2.05, 4.69) is 12.2 Å². The first kappa shape index (κ1) is 19.1. The third-order valence-electron chi connectivity index (χ3n) is 5.28. The van der Waals surface area contributed by atoms with E-state index < -0.39 is 0 Å². The van der Waals surface area contributed by atoms with Gasteiger partial charge in [0.2, 0.25) is 0 Å². The van der Waals surface area contributed by atoms with Crippen molar-refractivity contribution in [2.45, 2.75) is 44.9 Å². The molecule has 5 heteroatoms. The van der Waals surface area contributed by atoms with Crippen LogP contribution >= 0.6 is 23.2 Å². The molecule has 2 aromatic carbocycles. The number of hydrogen-bond acceptors (Lipinski definition) is 2. The molecule has 2 aromatic rings. The van der Waals surface area contributed by atoms with Crippen molar-refractivity contribution < 1.29 is 9.90 Å². The van der Waals surface area contributed by atoms with Crippen LogP contribution in [0.3, 0.4) is 0 Å². The minimum Gasteiger partial charge on any atom is -0.508 e. The van der Waals surface area contributed by atoms with Crippen molar-refractivity contribution in [1.82, 2.24) is 0 Å². The molecule has 1 atom stereocenters. The van der Waals surface area contributed by atoms with E-state index in [1.807, 2.05) is 6.07 Å². The van der Waals surface area contributed by atoms with Crippen LogP contribution in [0.4, 0.5) is 5.69 Å². The van der Waals surface area contributed by atoms with Gasteiger partial charge in [0.05, 0.1) is 15.6 Å². The fraction of sp³-hybridized carbons (Fsp3) is 0.381. The van der Waals surface area contributed by atoms with E-state index in [-0.39, 0.29) is 17.2 Å². The molecule has 0 saturated heterocycles. The smallest absolute Gasteiger partial charge is 0.258 e. The summed E-state index contributed by atoms with van der Waals surface area (Å²) in [6.45, 7) is 2.15. The predicted molar refractivity (Wildman–Crippen MR) is 108 cm³/mol. The molecule has 26 heavy (non-hydrogen) atoms. The summed E-state index contributed by atoms with van der Waals surface area (Å²) in [6.07, 6.45) is 5.87. The van der Waals surface area contributed by atoms with Gasteiger partial charge in [0.25, 0.3) is 5.91 Å². The molecule has 1 unspecified atom stereocenters. The van der Waals surface area contributed by atoms with Crippen molar-refractivity contribution in [1.29, 1.82) is 0 Å². The summed E-state index contributed by atoms with van der Waals surface area (Å²) in [5.74, 6) is 0.830. The Bertz CT molecular complexity index is 780. The maximum atomic E-state index is 12.6. The molecule has 3 rings (SSSR count). The van der Waals surface area contributed by atoms with Gasteiger partial charge in [-0.1, -0.05) is 49.0 Å². The van der Waals surface area contributed by atoms with Gasteiger partial charge in [-0.25, -0.2) is 0 Å². The Morgan fingerprint density at radius 3 is 2.46 bits per heavy atom. The van der Waals surface area contributed by atoms with Crippen LogP contribution in [0.15, 0.2) is 36.4 Å². The molecule has 0 spiro atoms. The van der Waals surface area contributed by atoms with Gasteiger partial charge in [-0.05, 0) is 67.0 Å². The van der Waals surface area contributed by atoms with Crippen molar-refractivity contribution in [3.8, 4) is 5.75 Å². The molecule has 1 amide bonds. The summed E-state index contributed by atoms with van der Waals surface area (Å²) in [4.78, 5) is 12.6. The van der Waals surface area contributed by atoms with E-state index in [1.54, 1.807) is 30.3 Å². The number of hydrogen-bond donors (Lipinski definition) is 2. The molecule has 0 radical (unpaired) electrons. The first-order chi connectivity index (χ1) is 12.5. The van der Waals surface area contributed by atoms with E-state index in [1.165, 1.54) is 25.7 Å². The molecular weight excluding hydrogens is 369 g/mol. The first-order valence-corrected chi connectivity index (χ1v) is 9.85. The number of benzene rings is 2. The monoisotopic (exact) mass is 391 g/mol. The highest BCUT2D eigenvalue weighted by Crippen LogP contribution is 2.43. The quantitative estimate of drug-likeness (QED) is 0.561. The molecule has 0 heterocycles. The van der Waals surface area contributed by atoms with Crippen LogP contribution in [-0.4, -0.2) is 11.0 Å². The fourth-order valence-corrected chi connectivity index (χ4v) is 4.57. The highest BCUT2D eigenvalue weighted by Gasteiger charge is 2.27. The maximum Gasteiger partial charge on any atom is 0.258 e. The number of amides is 1. The number of carbonyl (C=O) groups excluding carboxylic acids is 1. The van der Waals surface area contributed by atoms with Crippen molar-refractivity contribution in [2.75, 3.05) is 5.32 Å². The second-order valence-corrected chi connectivity index (χ2v) is 7.70. The van der Waals surface area contributed by atoms with Crippen molar-refractivity contribution in [2.24, 2.45) is 5.92 Å². The van der Waals surface area contributed by atoms with Gasteiger partial charge in [-0.3, -0.25) is 4.79 Å². The predicted octanol–water partition coefficient (Wildman–Crippen LogP) is 6.64. The Hall–Kier alpha value is -1.71. The molecule has 1 aliphatic rings. The van der Waals surface area contributed by atoms with Crippen molar-refractivity contribution in [3.63, 3.8) is 0 Å². The third-order valence-corrected chi connectivity index (χ3v) is 5.91. The number of rotatable bonds is 5. The zero-order valence-electron chi connectivity index (χ0n) is 14.8. The molecule has 1 aliphatic carbocycles. The Labute approximate surface area is 164 Å².